The Kier molecular flexibility index (Phi) is 8.84. The molecule has 1 heterocycles. The summed E-state index contributed by atoms with van der Waals surface area (Å²) in [5.74, 6) is -0.0630. The summed E-state index contributed by atoms with van der Waals surface area (Å²) in [4.78, 5) is 17.4. The third-order valence-electron chi connectivity index (χ3n) is 6.83. The second-order valence-electron chi connectivity index (χ2n) is 9.56. The summed E-state index contributed by atoms with van der Waals surface area (Å²) in [5, 5.41) is 1.90. The SMILES string of the molecule is CN(Cc1ccccc1)Cc1ccc(C(=O)N2CCN(S(=O)(=O)c3ccc4ccccc4c3)CC2)cc1.Cl. The van der Waals surface area contributed by atoms with Crippen molar-refractivity contribution in [2.45, 2.75) is 18.0 Å². The maximum absolute atomic E-state index is 13.2. The zero-order chi connectivity index (χ0) is 25.8. The summed E-state index contributed by atoms with van der Waals surface area (Å²) in [6.45, 7) is 2.94. The van der Waals surface area contributed by atoms with Gasteiger partial charge in [-0.2, -0.15) is 4.31 Å². The number of nitrogens with zero attached hydrogens (tertiary/aromatic N) is 3. The molecule has 0 aliphatic carbocycles. The molecule has 0 bridgehead atoms. The fourth-order valence-corrected chi connectivity index (χ4v) is 6.26. The molecule has 5 rings (SSSR count). The van der Waals surface area contributed by atoms with Gasteiger partial charge in [-0.1, -0.05) is 72.8 Å². The first kappa shape index (κ1) is 27.8. The van der Waals surface area contributed by atoms with Crippen molar-refractivity contribution in [3.05, 3.63) is 114 Å². The van der Waals surface area contributed by atoms with Crippen LogP contribution in [0.5, 0.6) is 0 Å². The Morgan fingerprint density at radius 2 is 1.32 bits per heavy atom. The van der Waals surface area contributed by atoms with Crippen molar-refractivity contribution >= 4 is 39.1 Å². The largest absolute Gasteiger partial charge is 0.336 e. The van der Waals surface area contributed by atoms with Gasteiger partial charge in [0.05, 0.1) is 4.90 Å². The van der Waals surface area contributed by atoms with Gasteiger partial charge >= 0.3 is 0 Å². The molecule has 4 aromatic carbocycles. The van der Waals surface area contributed by atoms with Crippen LogP contribution in [0.1, 0.15) is 21.5 Å². The molecular formula is C30H32ClN3O3S. The van der Waals surface area contributed by atoms with Crippen LogP contribution in [-0.4, -0.2) is 61.7 Å². The summed E-state index contributed by atoms with van der Waals surface area (Å²) in [7, 11) is -1.54. The van der Waals surface area contributed by atoms with Crippen LogP contribution in [0.3, 0.4) is 0 Å². The fourth-order valence-electron chi connectivity index (χ4n) is 4.81. The van der Waals surface area contributed by atoms with Gasteiger partial charge in [-0.15, -0.1) is 12.4 Å². The van der Waals surface area contributed by atoms with Crippen LogP contribution < -0.4 is 0 Å². The van der Waals surface area contributed by atoms with Crippen LogP contribution in [0.15, 0.2) is 102 Å². The first-order valence-electron chi connectivity index (χ1n) is 12.5. The maximum atomic E-state index is 13.2. The molecule has 1 aliphatic heterocycles. The third kappa shape index (κ3) is 6.25. The number of fused-ring (bicyclic) bond motifs is 1. The Morgan fingerprint density at radius 3 is 1.97 bits per heavy atom. The molecule has 0 radical (unpaired) electrons. The number of hydrogen-bond acceptors (Lipinski definition) is 4. The number of amides is 1. The predicted molar refractivity (Wildman–Crippen MR) is 154 cm³/mol. The molecule has 8 heteroatoms. The van der Waals surface area contributed by atoms with Gasteiger partial charge in [-0.25, -0.2) is 8.42 Å². The van der Waals surface area contributed by atoms with Gasteiger partial charge in [0, 0.05) is 44.8 Å². The normalized spacial score (nSPS) is 14.4. The van der Waals surface area contributed by atoms with Gasteiger partial charge in [0.15, 0.2) is 0 Å². The van der Waals surface area contributed by atoms with Gasteiger partial charge < -0.3 is 4.90 Å². The summed E-state index contributed by atoms with van der Waals surface area (Å²) in [5.41, 5.74) is 3.03. The molecule has 0 N–H and O–H groups in total. The monoisotopic (exact) mass is 549 g/mol. The van der Waals surface area contributed by atoms with E-state index in [2.05, 4.69) is 24.1 Å². The van der Waals surface area contributed by atoms with E-state index in [1.165, 1.54) is 9.87 Å². The zero-order valence-corrected chi connectivity index (χ0v) is 23.0. The van der Waals surface area contributed by atoms with Crippen LogP contribution in [0, 0.1) is 0 Å². The maximum Gasteiger partial charge on any atom is 0.253 e. The highest BCUT2D eigenvalue weighted by Gasteiger charge is 2.30. The standard InChI is InChI=1S/C30H31N3O3S.ClH/c1-31(22-24-7-3-2-4-8-24)23-25-11-13-27(14-12-25)30(34)32-17-19-33(20-18-32)37(35,36)29-16-15-26-9-5-6-10-28(26)21-29;/h2-16,21H,17-20,22-23H2,1H3;1H. The molecule has 0 aromatic heterocycles. The molecule has 1 fully saturated rings. The number of rotatable bonds is 7. The number of hydrogen-bond donors (Lipinski definition) is 0. The molecule has 38 heavy (non-hydrogen) atoms. The topological polar surface area (TPSA) is 60.9 Å². The molecule has 1 aliphatic rings. The van der Waals surface area contributed by atoms with E-state index in [9.17, 15) is 13.2 Å². The van der Waals surface area contributed by atoms with Gasteiger partial charge in [0.1, 0.15) is 0 Å². The number of carbonyl (C=O) groups is 1. The zero-order valence-electron chi connectivity index (χ0n) is 21.4. The van der Waals surface area contributed by atoms with E-state index in [1.54, 1.807) is 17.0 Å². The lowest BCUT2D eigenvalue weighted by Crippen LogP contribution is -2.50. The van der Waals surface area contributed by atoms with E-state index in [4.69, 9.17) is 0 Å². The van der Waals surface area contributed by atoms with Gasteiger partial charge in [0.25, 0.3) is 5.91 Å². The molecule has 0 saturated carbocycles. The number of benzene rings is 4. The highest BCUT2D eigenvalue weighted by atomic mass is 35.5. The van der Waals surface area contributed by atoms with Crippen molar-refractivity contribution in [3.63, 3.8) is 0 Å². The fraction of sp³-hybridized carbons (Fsp3) is 0.233. The number of piperazine rings is 1. The minimum atomic E-state index is -3.62. The Bertz CT molecular complexity index is 1490. The predicted octanol–water partition coefficient (Wildman–Crippen LogP) is 5.04. The average Bonchev–Trinajstić information content (AvgIpc) is 2.93. The second-order valence-corrected chi connectivity index (χ2v) is 11.5. The molecule has 1 saturated heterocycles. The summed E-state index contributed by atoms with van der Waals surface area (Å²) in [6, 6.07) is 31.0. The van der Waals surface area contributed by atoms with Crippen LogP contribution in [0.4, 0.5) is 0 Å². The number of sulfonamides is 1. The summed E-state index contributed by atoms with van der Waals surface area (Å²) in [6.07, 6.45) is 0. The average molecular weight is 550 g/mol. The van der Waals surface area contributed by atoms with Crippen molar-refractivity contribution in [2.24, 2.45) is 0 Å². The Labute approximate surface area is 230 Å². The number of halogens is 1. The van der Waals surface area contributed by atoms with Crippen LogP contribution in [0.2, 0.25) is 0 Å². The number of carbonyl (C=O) groups excluding carboxylic acids is 1. The van der Waals surface area contributed by atoms with Gasteiger partial charge in [-0.05, 0) is 53.2 Å². The summed E-state index contributed by atoms with van der Waals surface area (Å²) < 4.78 is 28.0. The first-order chi connectivity index (χ1) is 17.9. The van der Waals surface area contributed by atoms with E-state index in [1.807, 2.05) is 72.8 Å². The molecule has 4 aromatic rings. The molecule has 198 valence electrons. The lowest BCUT2D eigenvalue weighted by Gasteiger charge is -2.34. The second kappa shape index (κ2) is 12.1. The molecule has 6 nitrogen and oxygen atoms in total. The Morgan fingerprint density at radius 1 is 0.737 bits per heavy atom. The van der Waals surface area contributed by atoms with Crippen LogP contribution in [-0.2, 0) is 23.1 Å². The van der Waals surface area contributed by atoms with Gasteiger partial charge in [-0.3, -0.25) is 9.69 Å². The lowest BCUT2D eigenvalue weighted by atomic mass is 10.1. The van der Waals surface area contributed by atoms with Crippen molar-refractivity contribution in [1.82, 2.24) is 14.1 Å². The van der Waals surface area contributed by atoms with Crippen molar-refractivity contribution in [3.8, 4) is 0 Å². The van der Waals surface area contributed by atoms with Crippen LogP contribution in [0.25, 0.3) is 10.8 Å². The molecular weight excluding hydrogens is 518 g/mol. The van der Waals surface area contributed by atoms with E-state index in [0.29, 0.717) is 23.5 Å². The Hall–Kier alpha value is -3.23. The van der Waals surface area contributed by atoms with Gasteiger partial charge in [0.2, 0.25) is 10.0 Å². The molecule has 0 unspecified atom stereocenters. The van der Waals surface area contributed by atoms with E-state index >= 15 is 0 Å². The van der Waals surface area contributed by atoms with Crippen molar-refractivity contribution in [2.75, 3.05) is 33.2 Å². The summed E-state index contributed by atoms with van der Waals surface area (Å²) >= 11 is 0. The van der Waals surface area contributed by atoms with Crippen molar-refractivity contribution in [1.29, 1.82) is 0 Å². The van der Waals surface area contributed by atoms with E-state index in [-0.39, 0.29) is 31.4 Å². The molecule has 1 amide bonds. The van der Waals surface area contributed by atoms with E-state index in [0.717, 1.165) is 29.4 Å². The smallest absolute Gasteiger partial charge is 0.253 e. The molecule has 0 spiro atoms. The van der Waals surface area contributed by atoms with Crippen molar-refractivity contribution < 1.29 is 13.2 Å². The highest BCUT2D eigenvalue weighted by Crippen LogP contribution is 2.23. The highest BCUT2D eigenvalue weighted by molar-refractivity contribution is 7.89. The molecule has 0 atom stereocenters. The quantitative estimate of drug-likeness (QED) is 0.324. The van der Waals surface area contributed by atoms with E-state index < -0.39 is 10.0 Å². The minimum Gasteiger partial charge on any atom is -0.336 e. The third-order valence-corrected chi connectivity index (χ3v) is 8.73. The van der Waals surface area contributed by atoms with Crippen LogP contribution >= 0.6 is 12.4 Å². The first-order valence-corrected chi connectivity index (χ1v) is 13.9. The minimum absolute atomic E-state index is 0. The Balaban J connectivity index is 0.00000336. The lowest BCUT2D eigenvalue weighted by molar-refractivity contribution is 0.0698.